The summed E-state index contributed by atoms with van der Waals surface area (Å²) in [6.45, 7) is 7.09. The molecule has 1 aliphatic rings. The maximum Gasteiger partial charge on any atom is 0.407 e. The van der Waals surface area contributed by atoms with Crippen LogP contribution in [0.25, 0.3) is 0 Å². The molecule has 0 bridgehead atoms. The SMILES string of the molecule is CSc1nccc(N2CCCC2CNC(=O)OC(C)(C)C)n1. The smallest absolute Gasteiger partial charge is 0.407 e. The summed E-state index contributed by atoms with van der Waals surface area (Å²) in [5.74, 6) is 0.924. The Morgan fingerprint density at radius 2 is 2.32 bits per heavy atom. The summed E-state index contributed by atoms with van der Waals surface area (Å²) < 4.78 is 5.28. The van der Waals surface area contributed by atoms with Crippen molar-refractivity contribution in [3.8, 4) is 0 Å². The van der Waals surface area contributed by atoms with E-state index in [4.69, 9.17) is 4.74 Å². The zero-order valence-corrected chi connectivity index (χ0v) is 14.4. The first-order valence-electron chi connectivity index (χ1n) is 7.49. The van der Waals surface area contributed by atoms with Gasteiger partial charge in [-0.05, 0) is 45.9 Å². The highest BCUT2D eigenvalue weighted by Gasteiger charge is 2.27. The molecule has 1 atom stereocenters. The monoisotopic (exact) mass is 324 g/mol. The van der Waals surface area contributed by atoms with Gasteiger partial charge in [0.15, 0.2) is 5.16 Å². The third-order valence-corrected chi connectivity index (χ3v) is 3.92. The van der Waals surface area contributed by atoms with Crippen LogP contribution in [0.1, 0.15) is 33.6 Å². The Morgan fingerprint density at radius 3 is 3.00 bits per heavy atom. The van der Waals surface area contributed by atoms with E-state index in [-0.39, 0.29) is 12.1 Å². The van der Waals surface area contributed by atoms with Crippen LogP contribution in [0.3, 0.4) is 0 Å². The van der Waals surface area contributed by atoms with Crippen molar-refractivity contribution in [3.05, 3.63) is 12.3 Å². The molecule has 1 saturated heterocycles. The van der Waals surface area contributed by atoms with Gasteiger partial charge in [-0.1, -0.05) is 11.8 Å². The first-order valence-corrected chi connectivity index (χ1v) is 8.72. The summed E-state index contributed by atoms with van der Waals surface area (Å²) in [6, 6.07) is 2.17. The largest absolute Gasteiger partial charge is 0.444 e. The molecule has 1 N–H and O–H groups in total. The number of carbonyl (C=O) groups is 1. The van der Waals surface area contributed by atoms with Crippen LogP contribution in [0.2, 0.25) is 0 Å². The van der Waals surface area contributed by atoms with Gasteiger partial charge in [-0.25, -0.2) is 14.8 Å². The fourth-order valence-corrected chi connectivity index (χ4v) is 2.81. The van der Waals surface area contributed by atoms with Gasteiger partial charge in [0.2, 0.25) is 0 Å². The van der Waals surface area contributed by atoms with Crippen LogP contribution in [0.15, 0.2) is 17.4 Å². The lowest BCUT2D eigenvalue weighted by molar-refractivity contribution is 0.0525. The van der Waals surface area contributed by atoms with Crippen LogP contribution < -0.4 is 10.2 Å². The van der Waals surface area contributed by atoms with Crippen molar-refractivity contribution in [2.75, 3.05) is 24.2 Å². The topological polar surface area (TPSA) is 67.4 Å². The highest BCUT2D eigenvalue weighted by atomic mass is 32.2. The maximum absolute atomic E-state index is 11.8. The van der Waals surface area contributed by atoms with Crippen molar-refractivity contribution >= 4 is 23.7 Å². The Bertz CT molecular complexity index is 519. The molecule has 1 aliphatic heterocycles. The zero-order valence-electron chi connectivity index (χ0n) is 13.6. The van der Waals surface area contributed by atoms with Gasteiger partial charge in [-0.15, -0.1) is 0 Å². The molecule has 0 aromatic carbocycles. The molecule has 1 aromatic heterocycles. The minimum Gasteiger partial charge on any atom is -0.444 e. The molecule has 1 unspecified atom stereocenters. The molecule has 7 heteroatoms. The molecule has 0 aliphatic carbocycles. The van der Waals surface area contributed by atoms with E-state index in [1.807, 2.05) is 33.1 Å². The number of anilines is 1. The van der Waals surface area contributed by atoms with Crippen LogP contribution in [-0.2, 0) is 4.74 Å². The van der Waals surface area contributed by atoms with Gasteiger partial charge in [0.25, 0.3) is 0 Å². The molecule has 6 nitrogen and oxygen atoms in total. The minimum atomic E-state index is -0.473. The second kappa shape index (κ2) is 7.17. The predicted octanol–water partition coefficient (Wildman–Crippen LogP) is 2.69. The maximum atomic E-state index is 11.8. The number of alkyl carbamates (subject to hydrolysis) is 1. The van der Waals surface area contributed by atoms with Gasteiger partial charge in [0.1, 0.15) is 11.4 Å². The zero-order chi connectivity index (χ0) is 16.2. The quantitative estimate of drug-likeness (QED) is 0.678. The van der Waals surface area contributed by atoms with Crippen LogP contribution in [-0.4, -0.2) is 47.0 Å². The van der Waals surface area contributed by atoms with E-state index in [9.17, 15) is 4.79 Å². The van der Waals surface area contributed by atoms with E-state index in [2.05, 4.69) is 20.2 Å². The summed E-state index contributed by atoms with van der Waals surface area (Å²) >= 11 is 1.53. The third-order valence-electron chi connectivity index (χ3n) is 3.35. The Labute approximate surface area is 136 Å². The second-order valence-electron chi connectivity index (χ2n) is 6.27. The molecule has 2 heterocycles. The average Bonchev–Trinajstić information content (AvgIpc) is 2.92. The van der Waals surface area contributed by atoms with Gasteiger partial charge in [0.05, 0.1) is 0 Å². The number of nitrogens with zero attached hydrogens (tertiary/aromatic N) is 3. The van der Waals surface area contributed by atoms with Crippen LogP contribution in [0, 0.1) is 0 Å². The lowest BCUT2D eigenvalue weighted by atomic mass is 10.2. The molecule has 1 aromatic rings. The molecule has 22 heavy (non-hydrogen) atoms. The van der Waals surface area contributed by atoms with Gasteiger partial charge < -0.3 is 15.0 Å². The molecule has 0 saturated carbocycles. The van der Waals surface area contributed by atoms with E-state index in [0.29, 0.717) is 6.54 Å². The number of ether oxygens (including phenoxy) is 1. The Morgan fingerprint density at radius 1 is 1.55 bits per heavy atom. The molecule has 1 amide bonds. The third kappa shape index (κ3) is 4.76. The van der Waals surface area contributed by atoms with E-state index < -0.39 is 5.60 Å². The van der Waals surface area contributed by atoms with E-state index in [0.717, 1.165) is 30.4 Å². The number of hydrogen-bond acceptors (Lipinski definition) is 6. The number of carbonyl (C=O) groups excluding carboxylic acids is 1. The second-order valence-corrected chi connectivity index (χ2v) is 7.05. The van der Waals surface area contributed by atoms with Gasteiger partial charge in [-0.3, -0.25) is 0 Å². The highest BCUT2D eigenvalue weighted by Crippen LogP contribution is 2.24. The van der Waals surface area contributed by atoms with Crippen molar-refractivity contribution in [3.63, 3.8) is 0 Å². The van der Waals surface area contributed by atoms with Gasteiger partial charge >= 0.3 is 6.09 Å². The number of hydrogen-bond donors (Lipinski definition) is 1. The van der Waals surface area contributed by atoms with E-state index in [1.165, 1.54) is 11.8 Å². The molecule has 122 valence electrons. The lowest BCUT2D eigenvalue weighted by Gasteiger charge is -2.27. The molecule has 0 radical (unpaired) electrons. The van der Waals surface area contributed by atoms with Gasteiger partial charge in [0, 0.05) is 25.3 Å². The summed E-state index contributed by atoms with van der Waals surface area (Å²) in [5.41, 5.74) is -0.473. The van der Waals surface area contributed by atoms with Crippen molar-refractivity contribution in [2.45, 2.75) is 50.4 Å². The van der Waals surface area contributed by atoms with Crippen LogP contribution in [0.4, 0.5) is 10.6 Å². The Balaban J connectivity index is 1.94. The Hall–Kier alpha value is -1.50. The molecule has 2 rings (SSSR count). The normalized spacial score (nSPS) is 18.4. The first-order chi connectivity index (χ1) is 10.4. The molecule has 1 fully saturated rings. The fraction of sp³-hybridized carbons (Fsp3) is 0.667. The highest BCUT2D eigenvalue weighted by molar-refractivity contribution is 7.98. The summed E-state index contributed by atoms with van der Waals surface area (Å²) in [7, 11) is 0. The van der Waals surface area contributed by atoms with E-state index >= 15 is 0 Å². The molecular formula is C15H24N4O2S. The minimum absolute atomic E-state index is 0.247. The lowest BCUT2D eigenvalue weighted by Crippen LogP contribution is -2.42. The van der Waals surface area contributed by atoms with Gasteiger partial charge in [-0.2, -0.15) is 0 Å². The van der Waals surface area contributed by atoms with Crippen LogP contribution in [0.5, 0.6) is 0 Å². The predicted molar refractivity (Wildman–Crippen MR) is 88.4 cm³/mol. The van der Waals surface area contributed by atoms with Crippen molar-refractivity contribution in [1.82, 2.24) is 15.3 Å². The van der Waals surface area contributed by atoms with E-state index in [1.54, 1.807) is 6.20 Å². The number of aromatic nitrogens is 2. The van der Waals surface area contributed by atoms with Crippen molar-refractivity contribution in [2.24, 2.45) is 0 Å². The summed E-state index contributed by atoms with van der Waals surface area (Å²) in [5, 5.41) is 3.62. The first kappa shape index (κ1) is 16.9. The average molecular weight is 324 g/mol. The van der Waals surface area contributed by atoms with Crippen molar-refractivity contribution < 1.29 is 9.53 Å². The number of amides is 1. The summed E-state index contributed by atoms with van der Waals surface area (Å²) in [6.07, 6.45) is 5.51. The number of rotatable bonds is 4. The molecular weight excluding hydrogens is 300 g/mol. The van der Waals surface area contributed by atoms with Crippen LogP contribution >= 0.6 is 11.8 Å². The number of nitrogens with one attached hydrogen (secondary N) is 1. The summed E-state index contributed by atoms with van der Waals surface area (Å²) in [4.78, 5) is 22.8. The number of thioether (sulfide) groups is 1. The molecule has 0 spiro atoms. The fourth-order valence-electron chi connectivity index (χ4n) is 2.45. The Kier molecular flexibility index (Phi) is 5.50. The standard InChI is InChI=1S/C15H24N4O2S/c1-15(2,3)21-14(20)17-10-11-6-5-9-19(11)12-7-8-16-13(18-12)22-4/h7-8,11H,5-6,9-10H2,1-4H3,(H,17,20). The van der Waals surface area contributed by atoms with Crippen molar-refractivity contribution in [1.29, 1.82) is 0 Å².